The second-order valence-electron chi connectivity index (χ2n) is 4.80. The molecule has 1 saturated carbocycles. The van der Waals surface area contributed by atoms with Gasteiger partial charge in [-0.05, 0) is 32.7 Å². The Balaban J connectivity index is 0.00000225. The Kier molecular flexibility index (Phi) is 7.77. The second kappa shape index (κ2) is 7.91. The summed E-state index contributed by atoms with van der Waals surface area (Å²) in [6.45, 7) is 4.86. The van der Waals surface area contributed by atoms with Gasteiger partial charge in [-0.2, -0.15) is 0 Å². The van der Waals surface area contributed by atoms with Gasteiger partial charge in [-0.15, -0.1) is 12.4 Å². The summed E-state index contributed by atoms with van der Waals surface area (Å²) >= 11 is 0. The van der Waals surface area contributed by atoms with Gasteiger partial charge in [0.05, 0.1) is 0 Å². The van der Waals surface area contributed by atoms with E-state index in [1.807, 2.05) is 14.0 Å². The topological polar surface area (TPSA) is 41.1 Å². The maximum absolute atomic E-state index is 11.7. The first kappa shape index (κ1) is 15.7. The Bertz CT molecular complexity index is 205. The quantitative estimate of drug-likeness (QED) is 0.781. The standard InChI is InChI=1S/C12H24N2O.ClH/c1-9(8-13-3)12(15)14-10(2)11-6-4-5-7-11;/h9-11,13H,4-8H2,1-3H3,(H,14,15);1H. The minimum Gasteiger partial charge on any atom is -0.353 e. The SMILES string of the molecule is CNCC(C)C(=O)NC(C)C1CCCC1.Cl. The number of carbonyl (C=O) groups excluding carboxylic acids is 1. The third kappa shape index (κ3) is 4.71. The van der Waals surface area contributed by atoms with Gasteiger partial charge >= 0.3 is 0 Å². The van der Waals surface area contributed by atoms with E-state index in [2.05, 4.69) is 17.6 Å². The monoisotopic (exact) mass is 248 g/mol. The number of hydrogen-bond acceptors (Lipinski definition) is 2. The van der Waals surface area contributed by atoms with E-state index in [0.717, 1.165) is 6.54 Å². The Hall–Kier alpha value is -0.280. The van der Waals surface area contributed by atoms with Gasteiger partial charge in [0.1, 0.15) is 0 Å². The average molecular weight is 249 g/mol. The molecule has 0 aromatic carbocycles. The van der Waals surface area contributed by atoms with E-state index in [-0.39, 0.29) is 24.2 Å². The summed E-state index contributed by atoms with van der Waals surface area (Å²) in [5.74, 6) is 0.957. The molecule has 1 rings (SSSR count). The van der Waals surface area contributed by atoms with Crippen molar-refractivity contribution in [1.29, 1.82) is 0 Å². The van der Waals surface area contributed by atoms with Crippen LogP contribution in [-0.4, -0.2) is 25.5 Å². The van der Waals surface area contributed by atoms with Crippen LogP contribution in [0.4, 0.5) is 0 Å². The fraction of sp³-hybridized carbons (Fsp3) is 0.917. The molecule has 0 heterocycles. The number of rotatable bonds is 5. The first-order chi connectivity index (χ1) is 7.15. The van der Waals surface area contributed by atoms with Crippen molar-refractivity contribution in [3.05, 3.63) is 0 Å². The van der Waals surface area contributed by atoms with Crippen LogP contribution in [0, 0.1) is 11.8 Å². The Morgan fingerprint density at radius 1 is 1.31 bits per heavy atom. The lowest BCUT2D eigenvalue weighted by Gasteiger charge is -2.22. The minimum atomic E-state index is 0. The van der Waals surface area contributed by atoms with Crippen LogP contribution in [0.15, 0.2) is 0 Å². The molecule has 1 fully saturated rings. The van der Waals surface area contributed by atoms with Crippen LogP contribution in [0.2, 0.25) is 0 Å². The highest BCUT2D eigenvalue weighted by Gasteiger charge is 2.24. The van der Waals surface area contributed by atoms with E-state index in [1.54, 1.807) is 0 Å². The highest BCUT2D eigenvalue weighted by Crippen LogP contribution is 2.27. The highest BCUT2D eigenvalue weighted by atomic mass is 35.5. The molecule has 1 amide bonds. The lowest BCUT2D eigenvalue weighted by atomic mass is 9.99. The molecule has 0 aromatic rings. The van der Waals surface area contributed by atoms with Crippen LogP contribution in [0.1, 0.15) is 39.5 Å². The third-order valence-electron chi connectivity index (χ3n) is 3.43. The summed E-state index contributed by atoms with van der Waals surface area (Å²) in [6.07, 6.45) is 5.22. The summed E-state index contributed by atoms with van der Waals surface area (Å²) < 4.78 is 0. The number of carbonyl (C=O) groups is 1. The molecule has 0 bridgehead atoms. The molecule has 4 heteroatoms. The van der Waals surface area contributed by atoms with E-state index in [4.69, 9.17) is 0 Å². The molecule has 16 heavy (non-hydrogen) atoms. The number of halogens is 1. The van der Waals surface area contributed by atoms with Crippen LogP contribution < -0.4 is 10.6 Å². The first-order valence-corrected chi connectivity index (χ1v) is 6.10. The Morgan fingerprint density at radius 3 is 2.38 bits per heavy atom. The van der Waals surface area contributed by atoms with Gasteiger partial charge in [0.25, 0.3) is 0 Å². The van der Waals surface area contributed by atoms with E-state index >= 15 is 0 Å². The molecule has 0 aromatic heterocycles. The predicted molar refractivity (Wildman–Crippen MR) is 69.9 cm³/mol. The minimum absolute atomic E-state index is 0. The van der Waals surface area contributed by atoms with Crippen molar-refractivity contribution in [3.8, 4) is 0 Å². The molecule has 2 N–H and O–H groups in total. The van der Waals surface area contributed by atoms with Crippen LogP contribution >= 0.6 is 12.4 Å². The fourth-order valence-electron chi connectivity index (χ4n) is 2.34. The highest BCUT2D eigenvalue weighted by molar-refractivity contribution is 5.85. The fourth-order valence-corrected chi connectivity index (χ4v) is 2.34. The molecule has 1 aliphatic rings. The molecule has 96 valence electrons. The Morgan fingerprint density at radius 2 is 1.88 bits per heavy atom. The van der Waals surface area contributed by atoms with Crippen molar-refractivity contribution in [1.82, 2.24) is 10.6 Å². The van der Waals surface area contributed by atoms with Crippen molar-refractivity contribution in [2.45, 2.75) is 45.6 Å². The van der Waals surface area contributed by atoms with Gasteiger partial charge in [-0.1, -0.05) is 19.8 Å². The van der Waals surface area contributed by atoms with Gasteiger partial charge in [0, 0.05) is 18.5 Å². The van der Waals surface area contributed by atoms with Gasteiger partial charge in [0.15, 0.2) is 0 Å². The van der Waals surface area contributed by atoms with Gasteiger partial charge in [-0.3, -0.25) is 4.79 Å². The summed E-state index contributed by atoms with van der Waals surface area (Å²) in [7, 11) is 1.88. The molecule has 0 radical (unpaired) electrons. The summed E-state index contributed by atoms with van der Waals surface area (Å²) in [5, 5.41) is 6.16. The first-order valence-electron chi connectivity index (χ1n) is 6.10. The summed E-state index contributed by atoms with van der Waals surface area (Å²) in [5.41, 5.74) is 0. The number of amides is 1. The predicted octanol–water partition coefficient (Wildman–Crippen LogP) is 1.96. The third-order valence-corrected chi connectivity index (χ3v) is 3.43. The van der Waals surface area contributed by atoms with E-state index in [9.17, 15) is 4.79 Å². The maximum Gasteiger partial charge on any atom is 0.224 e. The summed E-state index contributed by atoms with van der Waals surface area (Å²) in [6, 6.07) is 0.347. The Labute approximate surface area is 105 Å². The number of nitrogens with one attached hydrogen (secondary N) is 2. The van der Waals surface area contributed by atoms with Gasteiger partial charge < -0.3 is 10.6 Å². The lowest BCUT2D eigenvalue weighted by Crippen LogP contribution is -2.42. The van der Waals surface area contributed by atoms with Gasteiger partial charge in [-0.25, -0.2) is 0 Å². The zero-order chi connectivity index (χ0) is 11.3. The van der Waals surface area contributed by atoms with Crippen LogP contribution in [0.5, 0.6) is 0 Å². The molecule has 2 unspecified atom stereocenters. The van der Waals surface area contributed by atoms with E-state index < -0.39 is 0 Å². The lowest BCUT2D eigenvalue weighted by molar-refractivity contribution is -0.125. The zero-order valence-corrected chi connectivity index (χ0v) is 11.4. The van der Waals surface area contributed by atoms with Gasteiger partial charge in [0.2, 0.25) is 5.91 Å². The van der Waals surface area contributed by atoms with Crippen LogP contribution in [0.25, 0.3) is 0 Å². The second-order valence-corrected chi connectivity index (χ2v) is 4.80. The van der Waals surface area contributed by atoms with Crippen molar-refractivity contribution >= 4 is 18.3 Å². The molecule has 0 saturated heterocycles. The van der Waals surface area contributed by atoms with E-state index in [1.165, 1.54) is 25.7 Å². The smallest absolute Gasteiger partial charge is 0.224 e. The average Bonchev–Trinajstić information content (AvgIpc) is 2.70. The molecular weight excluding hydrogens is 224 g/mol. The molecular formula is C12H25ClN2O. The number of hydrogen-bond donors (Lipinski definition) is 2. The van der Waals surface area contributed by atoms with Crippen molar-refractivity contribution < 1.29 is 4.79 Å². The zero-order valence-electron chi connectivity index (χ0n) is 10.6. The van der Waals surface area contributed by atoms with Crippen molar-refractivity contribution in [2.24, 2.45) is 11.8 Å². The molecule has 0 spiro atoms. The molecule has 3 nitrogen and oxygen atoms in total. The van der Waals surface area contributed by atoms with Crippen molar-refractivity contribution in [3.63, 3.8) is 0 Å². The molecule has 0 aliphatic heterocycles. The molecule has 1 aliphatic carbocycles. The molecule has 2 atom stereocenters. The van der Waals surface area contributed by atoms with Crippen LogP contribution in [0.3, 0.4) is 0 Å². The normalized spacial score (nSPS) is 19.9. The van der Waals surface area contributed by atoms with Crippen molar-refractivity contribution in [2.75, 3.05) is 13.6 Å². The maximum atomic E-state index is 11.7. The summed E-state index contributed by atoms with van der Waals surface area (Å²) in [4.78, 5) is 11.7. The van der Waals surface area contributed by atoms with E-state index in [0.29, 0.717) is 12.0 Å². The van der Waals surface area contributed by atoms with Crippen LogP contribution in [-0.2, 0) is 4.79 Å². The largest absolute Gasteiger partial charge is 0.353 e.